The summed E-state index contributed by atoms with van der Waals surface area (Å²) in [6.45, 7) is -0.403. The lowest BCUT2D eigenvalue weighted by Crippen LogP contribution is -2.44. The molecule has 160 valence electrons. The Hall–Kier alpha value is -3.80. The van der Waals surface area contributed by atoms with Crippen molar-refractivity contribution >= 4 is 23.3 Å². The fourth-order valence-corrected chi connectivity index (χ4v) is 3.16. The number of pyridine rings is 1. The number of aliphatic hydroxyl groups is 1. The Morgan fingerprint density at radius 3 is 2.65 bits per heavy atom. The predicted octanol–water partition coefficient (Wildman–Crippen LogP) is 2.84. The van der Waals surface area contributed by atoms with E-state index < -0.39 is 42.1 Å². The number of nitrogens with one attached hydrogen (secondary N) is 1. The van der Waals surface area contributed by atoms with Crippen LogP contribution < -0.4 is 10.2 Å². The minimum Gasteiger partial charge on any atom is -0.370 e. The van der Waals surface area contributed by atoms with Crippen molar-refractivity contribution in [2.24, 2.45) is 0 Å². The Morgan fingerprint density at radius 2 is 2.00 bits per heavy atom. The molecule has 0 unspecified atom stereocenters. The third-order valence-electron chi connectivity index (χ3n) is 4.59. The molecule has 0 radical (unpaired) electrons. The Bertz CT molecular complexity index is 1160. The summed E-state index contributed by atoms with van der Waals surface area (Å²) in [6.07, 6.45) is -3.79. The van der Waals surface area contributed by atoms with Gasteiger partial charge in [0.2, 0.25) is 0 Å². The summed E-state index contributed by atoms with van der Waals surface area (Å²) in [7, 11) is 0. The molecule has 0 aliphatic carbocycles. The Kier molecular flexibility index (Phi) is 4.93. The summed E-state index contributed by atoms with van der Waals surface area (Å²) in [4.78, 5) is 30.4. The van der Waals surface area contributed by atoms with E-state index in [0.717, 1.165) is 21.8 Å². The number of amides is 2. The van der Waals surface area contributed by atoms with Gasteiger partial charge in [-0.1, -0.05) is 6.07 Å². The van der Waals surface area contributed by atoms with Crippen LogP contribution in [0.5, 0.6) is 0 Å². The van der Waals surface area contributed by atoms with Crippen LogP contribution in [0.25, 0.3) is 0 Å². The largest absolute Gasteiger partial charge is 0.419 e. The molecule has 2 N–H and O–H groups in total. The molecule has 0 spiro atoms. The van der Waals surface area contributed by atoms with E-state index in [4.69, 9.17) is 0 Å². The van der Waals surface area contributed by atoms with Crippen molar-refractivity contribution in [1.82, 2.24) is 14.8 Å². The number of benzene rings is 1. The molecule has 1 aromatic carbocycles. The molecule has 0 saturated carbocycles. The van der Waals surface area contributed by atoms with Crippen molar-refractivity contribution in [3.05, 3.63) is 71.4 Å². The average molecular weight is 435 g/mol. The summed E-state index contributed by atoms with van der Waals surface area (Å²) < 4.78 is 53.4. The number of carbonyl (C=O) groups is 2. The second kappa shape index (κ2) is 7.47. The second-order valence-electron chi connectivity index (χ2n) is 6.58. The van der Waals surface area contributed by atoms with Crippen molar-refractivity contribution in [1.29, 1.82) is 0 Å². The Balaban J connectivity index is 1.68. The minimum atomic E-state index is -4.90. The first-order valence-corrected chi connectivity index (χ1v) is 8.83. The van der Waals surface area contributed by atoms with E-state index in [0.29, 0.717) is 12.1 Å². The van der Waals surface area contributed by atoms with Crippen molar-refractivity contribution in [2.45, 2.75) is 12.4 Å². The summed E-state index contributed by atoms with van der Waals surface area (Å²) in [6, 6.07) is 6.75. The van der Waals surface area contributed by atoms with Crippen LogP contribution in [0.4, 0.5) is 29.1 Å². The third kappa shape index (κ3) is 3.72. The van der Waals surface area contributed by atoms with Crippen LogP contribution in [-0.4, -0.2) is 38.2 Å². The number of alkyl halides is 3. The number of β-amino-alcohol motifs (C(OH)–C–C–N with tert-alkyl or cyclic N) is 1. The zero-order valence-electron chi connectivity index (χ0n) is 15.5. The summed E-state index contributed by atoms with van der Waals surface area (Å²) >= 11 is 0. The Morgan fingerprint density at radius 1 is 1.23 bits per heavy atom. The molecule has 3 aromatic rings. The fourth-order valence-electron chi connectivity index (χ4n) is 3.16. The van der Waals surface area contributed by atoms with Gasteiger partial charge in [0, 0.05) is 11.9 Å². The van der Waals surface area contributed by atoms with Gasteiger partial charge in [-0.2, -0.15) is 18.3 Å². The molecule has 0 fully saturated rings. The van der Waals surface area contributed by atoms with Gasteiger partial charge in [0.25, 0.3) is 11.8 Å². The number of halogens is 4. The number of hydrogen-bond acceptors (Lipinski definition) is 5. The lowest BCUT2D eigenvalue weighted by molar-refractivity contribution is -0.139. The summed E-state index contributed by atoms with van der Waals surface area (Å²) in [5.41, 5.74) is -2.18. The topological polar surface area (TPSA) is 100 Å². The standard InChI is InChI=1S/C19H13F4N5O3/c20-13-7-10(4-5-12(13)19(21,22)23)27-9-15(29)28-16(18(27)31)11(8-25-28)17(30)26-14-3-1-2-6-24-14/h1-8,15,29H,9H2,(H,24,26,30)/t15-/m0/s1. The van der Waals surface area contributed by atoms with Crippen LogP contribution in [0.15, 0.2) is 48.8 Å². The van der Waals surface area contributed by atoms with Gasteiger partial charge >= 0.3 is 6.18 Å². The van der Waals surface area contributed by atoms with Crippen LogP contribution in [0, 0.1) is 5.82 Å². The first kappa shape index (κ1) is 20.5. The van der Waals surface area contributed by atoms with Crippen molar-refractivity contribution in [3.8, 4) is 0 Å². The van der Waals surface area contributed by atoms with E-state index in [1.165, 1.54) is 12.3 Å². The number of aliphatic hydroxyl groups excluding tert-OH is 1. The molecule has 12 heteroatoms. The van der Waals surface area contributed by atoms with Crippen molar-refractivity contribution in [2.75, 3.05) is 16.8 Å². The number of hydrogen-bond donors (Lipinski definition) is 2. The molecule has 4 rings (SSSR count). The highest BCUT2D eigenvalue weighted by molar-refractivity contribution is 6.15. The molecule has 0 bridgehead atoms. The molecule has 0 saturated heterocycles. The van der Waals surface area contributed by atoms with Gasteiger partial charge in [0.1, 0.15) is 17.3 Å². The fraction of sp³-hybridized carbons (Fsp3) is 0.158. The number of fused-ring (bicyclic) bond motifs is 1. The van der Waals surface area contributed by atoms with E-state index in [1.54, 1.807) is 12.1 Å². The van der Waals surface area contributed by atoms with Crippen LogP contribution in [-0.2, 0) is 6.18 Å². The smallest absolute Gasteiger partial charge is 0.370 e. The van der Waals surface area contributed by atoms with E-state index in [2.05, 4.69) is 15.4 Å². The highest BCUT2D eigenvalue weighted by Gasteiger charge is 2.38. The van der Waals surface area contributed by atoms with E-state index in [-0.39, 0.29) is 22.8 Å². The van der Waals surface area contributed by atoms with E-state index >= 15 is 0 Å². The Labute approximate surface area is 171 Å². The van der Waals surface area contributed by atoms with Crippen molar-refractivity contribution in [3.63, 3.8) is 0 Å². The zero-order valence-corrected chi connectivity index (χ0v) is 15.5. The number of nitrogens with zero attached hydrogens (tertiary/aromatic N) is 4. The second-order valence-corrected chi connectivity index (χ2v) is 6.58. The van der Waals surface area contributed by atoms with Gasteiger partial charge in [-0.25, -0.2) is 14.1 Å². The van der Waals surface area contributed by atoms with Crippen LogP contribution >= 0.6 is 0 Å². The monoisotopic (exact) mass is 435 g/mol. The van der Waals surface area contributed by atoms with E-state index in [9.17, 15) is 32.3 Å². The number of aromatic nitrogens is 3. The minimum absolute atomic E-state index is 0.188. The van der Waals surface area contributed by atoms with Gasteiger partial charge in [-0.05, 0) is 30.3 Å². The van der Waals surface area contributed by atoms with Crippen molar-refractivity contribution < 1.29 is 32.3 Å². The van der Waals surface area contributed by atoms with Crippen LogP contribution in [0.2, 0.25) is 0 Å². The summed E-state index contributed by atoms with van der Waals surface area (Å²) in [5.74, 6) is -2.94. The van der Waals surface area contributed by atoms with Gasteiger partial charge < -0.3 is 15.3 Å². The highest BCUT2D eigenvalue weighted by Crippen LogP contribution is 2.34. The predicted molar refractivity (Wildman–Crippen MR) is 98.8 cm³/mol. The van der Waals surface area contributed by atoms with Gasteiger partial charge in [0.15, 0.2) is 6.23 Å². The normalized spacial score (nSPS) is 16.2. The first-order chi connectivity index (χ1) is 14.7. The number of anilines is 2. The molecule has 1 aliphatic rings. The SMILES string of the molecule is O=C(Nc1ccccn1)c1cnn2c1C(=O)N(c1ccc(C(F)(F)F)c(F)c1)C[C@@H]2O. The molecule has 8 nitrogen and oxygen atoms in total. The maximum atomic E-state index is 14.0. The molecule has 31 heavy (non-hydrogen) atoms. The van der Waals surface area contributed by atoms with Crippen LogP contribution in [0.1, 0.15) is 32.6 Å². The third-order valence-corrected chi connectivity index (χ3v) is 4.59. The lowest BCUT2D eigenvalue weighted by atomic mass is 10.1. The molecule has 1 aliphatic heterocycles. The zero-order chi connectivity index (χ0) is 22.3. The highest BCUT2D eigenvalue weighted by atomic mass is 19.4. The lowest BCUT2D eigenvalue weighted by Gasteiger charge is -2.31. The van der Waals surface area contributed by atoms with Gasteiger partial charge in [-0.15, -0.1) is 0 Å². The molecular formula is C19H13F4N5O3. The molecule has 1 atom stereocenters. The van der Waals surface area contributed by atoms with Gasteiger partial charge in [-0.3, -0.25) is 9.59 Å². The van der Waals surface area contributed by atoms with E-state index in [1.807, 2.05) is 0 Å². The molecule has 2 amide bonds. The number of carbonyl (C=O) groups excluding carboxylic acids is 2. The maximum Gasteiger partial charge on any atom is 0.419 e. The number of rotatable bonds is 3. The molecule has 3 heterocycles. The summed E-state index contributed by atoms with van der Waals surface area (Å²) in [5, 5.41) is 16.7. The van der Waals surface area contributed by atoms with Crippen LogP contribution in [0.3, 0.4) is 0 Å². The molecular weight excluding hydrogens is 422 g/mol. The first-order valence-electron chi connectivity index (χ1n) is 8.83. The van der Waals surface area contributed by atoms with Gasteiger partial charge in [0.05, 0.1) is 23.9 Å². The molecule has 2 aromatic heterocycles. The maximum absolute atomic E-state index is 14.0. The average Bonchev–Trinajstić information content (AvgIpc) is 3.17. The quantitative estimate of drug-likeness (QED) is 0.617.